The van der Waals surface area contributed by atoms with Gasteiger partial charge in [0.15, 0.2) is 5.11 Å². The highest BCUT2D eigenvalue weighted by Crippen LogP contribution is 2.25. The summed E-state index contributed by atoms with van der Waals surface area (Å²) < 4.78 is 27.3. The summed E-state index contributed by atoms with van der Waals surface area (Å²) in [6.45, 7) is 1.71. The molecular weight excluding hydrogens is 356 g/mol. The van der Waals surface area contributed by atoms with Crippen LogP contribution < -0.4 is 15.5 Å². The highest BCUT2D eigenvalue weighted by atomic mass is 32.1. The number of benzene rings is 2. The topological polar surface area (TPSA) is 44.4 Å². The lowest BCUT2D eigenvalue weighted by Gasteiger charge is -2.29. The summed E-state index contributed by atoms with van der Waals surface area (Å²) in [5.74, 6) is -1.22. The maximum Gasteiger partial charge on any atom is 0.257 e. The van der Waals surface area contributed by atoms with Crippen molar-refractivity contribution in [2.24, 2.45) is 0 Å². The van der Waals surface area contributed by atoms with Crippen molar-refractivity contribution >= 4 is 34.6 Å². The number of halogens is 2. The van der Waals surface area contributed by atoms with Crippen LogP contribution in [-0.4, -0.2) is 24.1 Å². The van der Waals surface area contributed by atoms with Crippen LogP contribution in [0.5, 0.6) is 0 Å². The zero-order valence-corrected chi connectivity index (χ0v) is 14.9. The van der Waals surface area contributed by atoms with Crippen LogP contribution in [-0.2, 0) is 0 Å². The summed E-state index contributed by atoms with van der Waals surface area (Å²) in [4.78, 5) is 14.1. The molecule has 1 saturated heterocycles. The molecule has 26 heavy (non-hydrogen) atoms. The van der Waals surface area contributed by atoms with Gasteiger partial charge in [-0.25, -0.2) is 8.78 Å². The number of carbonyl (C=O) groups is 1. The quantitative estimate of drug-likeness (QED) is 0.794. The monoisotopic (exact) mass is 375 g/mol. The van der Waals surface area contributed by atoms with E-state index in [9.17, 15) is 13.6 Å². The first-order valence-corrected chi connectivity index (χ1v) is 8.86. The molecule has 1 aliphatic heterocycles. The molecule has 2 aromatic carbocycles. The van der Waals surface area contributed by atoms with Crippen molar-refractivity contribution in [3.05, 3.63) is 59.7 Å². The molecule has 0 radical (unpaired) electrons. The molecule has 0 atom stereocenters. The molecule has 1 aliphatic rings. The fourth-order valence-electron chi connectivity index (χ4n) is 2.91. The van der Waals surface area contributed by atoms with Crippen molar-refractivity contribution in [1.29, 1.82) is 0 Å². The lowest BCUT2D eigenvalue weighted by atomic mass is 10.1. The predicted molar refractivity (Wildman–Crippen MR) is 103 cm³/mol. The number of nitrogens with zero attached hydrogens (tertiary/aromatic N) is 1. The Bertz CT molecular complexity index is 805. The summed E-state index contributed by atoms with van der Waals surface area (Å²) in [6.07, 6.45) is 3.32. The second-order valence-corrected chi connectivity index (χ2v) is 6.54. The molecule has 0 unspecified atom stereocenters. The third kappa shape index (κ3) is 4.54. The van der Waals surface area contributed by atoms with Gasteiger partial charge in [0, 0.05) is 24.3 Å². The van der Waals surface area contributed by atoms with Gasteiger partial charge in [0.1, 0.15) is 11.6 Å². The van der Waals surface area contributed by atoms with Crippen LogP contribution in [0.2, 0.25) is 0 Å². The van der Waals surface area contributed by atoms with Crippen molar-refractivity contribution in [2.75, 3.05) is 23.3 Å². The number of amides is 1. The van der Waals surface area contributed by atoms with Crippen LogP contribution >= 0.6 is 12.2 Å². The predicted octanol–water partition coefficient (Wildman–Crippen LogP) is 4.08. The first-order chi connectivity index (χ1) is 12.5. The van der Waals surface area contributed by atoms with Crippen molar-refractivity contribution < 1.29 is 13.6 Å². The smallest absolute Gasteiger partial charge is 0.257 e. The number of thiocarbonyl (C=S) groups is 1. The second-order valence-electron chi connectivity index (χ2n) is 6.13. The average molecular weight is 375 g/mol. The molecular formula is C19H19F2N3OS. The van der Waals surface area contributed by atoms with Gasteiger partial charge >= 0.3 is 0 Å². The fourth-order valence-corrected chi connectivity index (χ4v) is 3.13. The van der Waals surface area contributed by atoms with Crippen LogP contribution in [0.25, 0.3) is 0 Å². The minimum atomic E-state index is -0.465. The molecule has 4 nitrogen and oxygen atoms in total. The van der Waals surface area contributed by atoms with Gasteiger partial charge in [-0.15, -0.1) is 0 Å². The number of piperidine rings is 1. The number of anilines is 2. The maximum absolute atomic E-state index is 14.4. The van der Waals surface area contributed by atoms with Crippen LogP contribution in [0.1, 0.15) is 29.6 Å². The number of nitrogens with one attached hydrogen (secondary N) is 2. The minimum Gasteiger partial charge on any atom is -0.369 e. The molecule has 0 saturated carbocycles. The van der Waals surface area contributed by atoms with E-state index in [0.29, 0.717) is 11.4 Å². The van der Waals surface area contributed by atoms with Crippen LogP contribution in [0, 0.1) is 11.6 Å². The molecule has 0 aromatic heterocycles. The van der Waals surface area contributed by atoms with E-state index >= 15 is 0 Å². The van der Waals surface area contributed by atoms with Crippen LogP contribution in [0.4, 0.5) is 20.2 Å². The Morgan fingerprint density at radius 2 is 1.69 bits per heavy atom. The lowest BCUT2D eigenvalue weighted by molar-refractivity contribution is 0.0977. The molecule has 1 heterocycles. The molecule has 3 rings (SSSR count). The highest BCUT2D eigenvalue weighted by molar-refractivity contribution is 7.80. The summed E-state index contributed by atoms with van der Waals surface area (Å²) in [5, 5.41) is 5.33. The fraction of sp³-hybridized carbons (Fsp3) is 0.263. The van der Waals surface area contributed by atoms with E-state index in [4.69, 9.17) is 12.2 Å². The van der Waals surface area contributed by atoms with Gasteiger partial charge in [-0.2, -0.15) is 0 Å². The van der Waals surface area contributed by atoms with E-state index in [0.717, 1.165) is 25.9 Å². The Labute approximate surface area is 156 Å². The number of hydrogen-bond acceptors (Lipinski definition) is 3. The first-order valence-electron chi connectivity index (χ1n) is 8.45. The van der Waals surface area contributed by atoms with Crippen molar-refractivity contribution in [3.63, 3.8) is 0 Å². The Hall–Kier alpha value is -2.54. The van der Waals surface area contributed by atoms with Gasteiger partial charge in [0.25, 0.3) is 5.91 Å². The van der Waals surface area contributed by atoms with Gasteiger partial charge in [-0.1, -0.05) is 0 Å². The summed E-state index contributed by atoms with van der Waals surface area (Å²) in [7, 11) is 0. The molecule has 0 bridgehead atoms. The molecule has 2 aromatic rings. The zero-order valence-electron chi connectivity index (χ0n) is 14.1. The van der Waals surface area contributed by atoms with E-state index in [1.54, 1.807) is 12.1 Å². The third-order valence-corrected chi connectivity index (χ3v) is 4.44. The van der Waals surface area contributed by atoms with Gasteiger partial charge in [-0.05, 0) is 73.9 Å². The van der Waals surface area contributed by atoms with E-state index in [1.165, 1.54) is 36.8 Å². The van der Waals surface area contributed by atoms with E-state index < -0.39 is 11.7 Å². The maximum atomic E-state index is 14.4. The van der Waals surface area contributed by atoms with Gasteiger partial charge in [0.2, 0.25) is 0 Å². The van der Waals surface area contributed by atoms with Crippen LogP contribution in [0.3, 0.4) is 0 Å². The molecule has 7 heteroatoms. The summed E-state index contributed by atoms with van der Waals surface area (Å²) in [6, 6.07) is 9.91. The summed E-state index contributed by atoms with van der Waals surface area (Å²) >= 11 is 5.09. The van der Waals surface area contributed by atoms with Crippen molar-refractivity contribution in [1.82, 2.24) is 5.32 Å². The summed E-state index contributed by atoms with van der Waals surface area (Å²) in [5.41, 5.74) is 1.31. The van der Waals surface area contributed by atoms with Crippen LogP contribution in [0.15, 0.2) is 42.5 Å². The van der Waals surface area contributed by atoms with Crippen molar-refractivity contribution in [2.45, 2.75) is 19.3 Å². The Morgan fingerprint density at radius 3 is 2.35 bits per heavy atom. The second kappa shape index (κ2) is 8.23. The molecule has 1 amide bonds. The highest BCUT2D eigenvalue weighted by Gasteiger charge is 2.15. The Kier molecular flexibility index (Phi) is 5.78. The Morgan fingerprint density at radius 1 is 1.00 bits per heavy atom. The molecule has 136 valence electrons. The van der Waals surface area contributed by atoms with Gasteiger partial charge in [-0.3, -0.25) is 10.1 Å². The van der Waals surface area contributed by atoms with Gasteiger partial charge < -0.3 is 10.2 Å². The Balaban J connectivity index is 1.61. The van der Waals surface area contributed by atoms with E-state index in [2.05, 4.69) is 10.6 Å². The minimum absolute atomic E-state index is 0.0458. The van der Waals surface area contributed by atoms with Gasteiger partial charge in [0.05, 0.1) is 5.69 Å². The zero-order chi connectivity index (χ0) is 18.5. The van der Waals surface area contributed by atoms with E-state index in [1.807, 2.05) is 4.90 Å². The average Bonchev–Trinajstić information content (AvgIpc) is 2.63. The van der Waals surface area contributed by atoms with Crippen molar-refractivity contribution in [3.8, 4) is 0 Å². The largest absolute Gasteiger partial charge is 0.369 e. The molecule has 2 N–H and O–H groups in total. The normalized spacial score (nSPS) is 14.0. The third-order valence-electron chi connectivity index (χ3n) is 4.24. The SMILES string of the molecule is O=C(NC(=S)Nc1ccc(N2CCCCC2)c(F)c1)c1ccc(F)cc1. The lowest BCUT2D eigenvalue weighted by Crippen LogP contribution is -2.34. The number of rotatable bonds is 3. The molecule has 1 fully saturated rings. The molecule has 0 aliphatic carbocycles. The number of carbonyl (C=O) groups excluding carboxylic acids is 1. The number of hydrogen-bond donors (Lipinski definition) is 2. The van der Waals surface area contributed by atoms with E-state index in [-0.39, 0.29) is 16.5 Å². The standard InChI is InChI=1S/C19H19F2N3OS/c20-14-6-4-13(5-7-14)18(25)23-19(26)22-15-8-9-17(16(21)12-15)24-10-2-1-3-11-24/h4-9,12H,1-3,10-11H2,(H2,22,23,25,26). The molecule has 0 spiro atoms. The first kappa shape index (κ1) is 18.3.